The maximum absolute atomic E-state index is 12.1. The number of nitrogens with two attached hydrogens (primary N) is 1. The second kappa shape index (κ2) is 6.93. The summed E-state index contributed by atoms with van der Waals surface area (Å²) in [6, 6.07) is 0.00246. The van der Waals surface area contributed by atoms with Gasteiger partial charge in [-0.3, -0.25) is 9.69 Å². The molecule has 0 aromatic carbocycles. The molecule has 1 fully saturated rings. The Morgan fingerprint density at radius 2 is 2.24 bits per heavy atom. The van der Waals surface area contributed by atoms with Gasteiger partial charge in [-0.1, -0.05) is 6.92 Å². The van der Waals surface area contributed by atoms with Gasteiger partial charge in [0.25, 0.3) is 0 Å². The Labute approximate surface area is 104 Å². The SMILES string of the molecule is CCN1CCN(C(=O)C(N)CCOC)CC1C. The first-order valence-electron chi connectivity index (χ1n) is 6.37. The summed E-state index contributed by atoms with van der Waals surface area (Å²) < 4.78 is 4.95. The molecule has 5 heteroatoms. The zero-order chi connectivity index (χ0) is 12.8. The first kappa shape index (κ1) is 14.4. The van der Waals surface area contributed by atoms with Gasteiger partial charge < -0.3 is 15.4 Å². The van der Waals surface area contributed by atoms with Gasteiger partial charge in [0.15, 0.2) is 0 Å². The van der Waals surface area contributed by atoms with Crippen LogP contribution in [0.5, 0.6) is 0 Å². The molecule has 1 aliphatic rings. The molecule has 1 heterocycles. The Balaban J connectivity index is 2.43. The van der Waals surface area contributed by atoms with Crippen LogP contribution in [-0.4, -0.2) is 67.7 Å². The van der Waals surface area contributed by atoms with Crippen molar-refractivity contribution in [3.8, 4) is 0 Å². The van der Waals surface area contributed by atoms with Crippen molar-refractivity contribution >= 4 is 5.91 Å². The van der Waals surface area contributed by atoms with Crippen LogP contribution in [0.1, 0.15) is 20.3 Å². The molecule has 0 spiro atoms. The smallest absolute Gasteiger partial charge is 0.239 e. The average molecular weight is 243 g/mol. The lowest BCUT2D eigenvalue weighted by atomic mass is 10.1. The number of ether oxygens (including phenoxy) is 1. The lowest BCUT2D eigenvalue weighted by Gasteiger charge is -2.40. The van der Waals surface area contributed by atoms with Gasteiger partial charge >= 0.3 is 0 Å². The summed E-state index contributed by atoms with van der Waals surface area (Å²) >= 11 is 0. The zero-order valence-corrected chi connectivity index (χ0v) is 11.2. The number of carbonyl (C=O) groups excluding carboxylic acids is 1. The highest BCUT2D eigenvalue weighted by Gasteiger charge is 2.28. The van der Waals surface area contributed by atoms with Crippen molar-refractivity contribution in [2.24, 2.45) is 5.73 Å². The van der Waals surface area contributed by atoms with Crippen molar-refractivity contribution in [1.82, 2.24) is 9.80 Å². The van der Waals surface area contributed by atoms with Gasteiger partial charge in [0.1, 0.15) is 0 Å². The van der Waals surface area contributed by atoms with Crippen LogP contribution in [0, 0.1) is 0 Å². The van der Waals surface area contributed by atoms with E-state index in [-0.39, 0.29) is 5.91 Å². The van der Waals surface area contributed by atoms with Crippen LogP contribution in [0.15, 0.2) is 0 Å². The van der Waals surface area contributed by atoms with Crippen molar-refractivity contribution in [1.29, 1.82) is 0 Å². The second-order valence-electron chi connectivity index (χ2n) is 4.65. The van der Waals surface area contributed by atoms with Crippen molar-refractivity contribution in [3.63, 3.8) is 0 Å². The van der Waals surface area contributed by atoms with Gasteiger partial charge in [-0.15, -0.1) is 0 Å². The number of hydrogen-bond acceptors (Lipinski definition) is 4. The van der Waals surface area contributed by atoms with E-state index in [0.717, 1.165) is 26.2 Å². The molecule has 0 aliphatic carbocycles. The second-order valence-corrected chi connectivity index (χ2v) is 4.65. The third-order valence-corrected chi connectivity index (χ3v) is 3.43. The van der Waals surface area contributed by atoms with E-state index >= 15 is 0 Å². The molecule has 2 unspecified atom stereocenters. The summed E-state index contributed by atoms with van der Waals surface area (Å²) in [4.78, 5) is 16.3. The van der Waals surface area contributed by atoms with Crippen molar-refractivity contribution in [3.05, 3.63) is 0 Å². The summed E-state index contributed by atoms with van der Waals surface area (Å²) in [5.74, 6) is 0.0599. The van der Waals surface area contributed by atoms with Crippen LogP contribution >= 0.6 is 0 Å². The highest BCUT2D eigenvalue weighted by Crippen LogP contribution is 2.10. The first-order valence-corrected chi connectivity index (χ1v) is 6.37. The monoisotopic (exact) mass is 243 g/mol. The normalized spacial score (nSPS) is 23.8. The Morgan fingerprint density at radius 3 is 2.76 bits per heavy atom. The lowest BCUT2D eigenvalue weighted by Crippen LogP contribution is -2.56. The van der Waals surface area contributed by atoms with Crippen LogP contribution in [0.2, 0.25) is 0 Å². The van der Waals surface area contributed by atoms with Gasteiger partial charge in [-0.05, 0) is 19.9 Å². The van der Waals surface area contributed by atoms with E-state index in [1.807, 2.05) is 4.90 Å². The molecule has 0 aromatic rings. The van der Waals surface area contributed by atoms with Crippen molar-refractivity contribution < 1.29 is 9.53 Å². The van der Waals surface area contributed by atoms with E-state index in [1.165, 1.54) is 0 Å². The van der Waals surface area contributed by atoms with Crippen LogP contribution in [0.4, 0.5) is 0 Å². The minimum atomic E-state index is -0.421. The van der Waals surface area contributed by atoms with Crippen LogP contribution in [0.3, 0.4) is 0 Å². The molecule has 1 saturated heterocycles. The molecule has 5 nitrogen and oxygen atoms in total. The molecule has 100 valence electrons. The Morgan fingerprint density at radius 1 is 1.53 bits per heavy atom. The number of nitrogens with zero attached hydrogens (tertiary/aromatic N) is 2. The number of piperazine rings is 1. The topological polar surface area (TPSA) is 58.8 Å². The van der Waals surface area contributed by atoms with E-state index in [4.69, 9.17) is 10.5 Å². The number of amides is 1. The van der Waals surface area contributed by atoms with Gasteiger partial charge in [0.05, 0.1) is 6.04 Å². The molecule has 2 N–H and O–H groups in total. The molecule has 1 amide bonds. The maximum Gasteiger partial charge on any atom is 0.239 e. The number of methoxy groups -OCH3 is 1. The van der Waals surface area contributed by atoms with E-state index in [1.54, 1.807) is 7.11 Å². The van der Waals surface area contributed by atoms with E-state index in [2.05, 4.69) is 18.7 Å². The van der Waals surface area contributed by atoms with Crippen LogP contribution in [-0.2, 0) is 9.53 Å². The molecular formula is C12H25N3O2. The summed E-state index contributed by atoms with van der Waals surface area (Å²) in [7, 11) is 1.62. The molecule has 1 aliphatic heterocycles. The standard InChI is InChI=1S/C12H25N3O2/c1-4-14-6-7-15(9-10(14)2)12(16)11(13)5-8-17-3/h10-11H,4-9,13H2,1-3H3. The number of likely N-dealkylation sites (N-methyl/N-ethyl adjacent to an activating group) is 1. The predicted molar refractivity (Wildman–Crippen MR) is 67.8 cm³/mol. The van der Waals surface area contributed by atoms with Gasteiger partial charge in [0, 0.05) is 39.4 Å². The van der Waals surface area contributed by atoms with Gasteiger partial charge in [-0.2, -0.15) is 0 Å². The van der Waals surface area contributed by atoms with Crippen molar-refractivity contribution in [2.45, 2.75) is 32.4 Å². The van der Waals surface area contributed by atoms with Crippen molar-refractivity contribution in [2.75, 3.05) is 39.9 Å². The fourth-order valence-electron chi connectivity index (χ4n) is 2.27. The van der Waals surface area contributed by atoms with Crippen LogP contribution in [0.25, 0.3) is 0 Å². The van der Waals surface area contributed by atoms with Gasteiger partial charge in [0.2, 0.25) is 5.91 Å². The summed E-state index contributed by atoms with van der Waals surface area (Å²) in [5, 5.41) is 0. The van der Waals surface area contributed by atoms with E-state index in [0.29, 0.717) is 19.1 Å². The Hall–Kier alpha value is -0.650. The summed E-state index contributed by atoms with van der Waals surface area (Å²) in [6.07, 6.45) is 0.595. The molecule has 0 aromatic heterocycles. The average Bonchev–Trinajstić information content (AvgIpc) is 2.34. The third-order valence-electron chi connectivity index (χ3n) is 3.43. The highest BCUT2D eigenvalue weighted by atomic mass is 16.5. The van der Waals surface area contributed by atoms with Crippen LogP contribution < -0.4 is 5.73 Å². The minimum Gasteiger partial charge on any atom is -0.385 e. The molecule has 1 rings (SSSR count). The van der Waals surface area contributed by atoms with E-state index in [9.17, 15) is 4.79 Å². The zero-order valence-electron chi connectivity index (χ0n) is 11.2. The molecular weight excluding hydrogens is 218 g/mol. The fraction of sp³-hybridized carbons (Fsp3) is 0.917. The van der Waals surface area contributed by atoms with Gasteiger partial charge in [-0.25, -0.2) is 0 Å². The quantitative estimate of drug-likeness (QED) is 0.733. The highest BCUT2D eigenvalue weighted by molar-refractivity contribution is 5.81. The third kappa shape index (κ3) is 3.94. The number of carbonyl (C=O) groups is 1. The predicted octanol–water partition coefficient (Wildman–Crippen LogP) is -0.0972. The Kier molecular flexibility index (Phi) is 5.88. The van der Waals surface area contributed by atoms with E-state index < -0.39 is 6.04 Å². The summed E-state index contributed by atoms with van der Waals surface area (Å²) in [6.45, 7) is 8.41. The Bertz CT molecular complexity index is 248. The molecule has 2 atom stereocenters. The fourth-order valence-corrected chi connectivity index (χ4v) is 2.27. The maximum atomic E-state index is 12.1. The number of hydrogen-bond donors (Lipinski definition) is 1. The lowest BCUT2D eigenvalue weighted by molar-refractivity contribution is -0.135. The molecule has 0 bridgehead atoms. The molecule has 0 radical (unpaired) electrons. The summed E-state index contributed by atoms with van der Waals surface area (Å²) in [5.41, 5.74) is 5.86. The molecule has 0 saturated carbocycles. The largest absolute Gasteiger partial charge is 0.385 e. The molecule has 17 heavy (non-hydrogen) atoms. The number of rotatable bonds is 5. The first-order chi connectivity index (χ1) is 8.10. The minimum absolute atomic E-state index is 0.0599.